The molecule has 0 fully saturated rings. The van der Waals surface area contributed by atoms with Crippen molar-refractivity contribution in [2.75, 3.05) is 0 Å². The first-order chi connectivity index (χ1) is 6.24. The van der Waals surface area contributed by atoms with Gasteiger partial charge in [0.05, 0.1) is 12.5 Å². The van der Waals surface area contributed by atoms with Crippen LogP contribution in [0.1, 0.15) is 25.8 Å². The first-order valence-electron chi connectivity index (χ1n) is 4.36. The Bertz CT molecular complexity index is 276. The summed E-state index contributed by atoms with van der Waals surface area (Å²) in [6.45, 7) is 4.25. The number of benzene rings is 1. The van der Waals surface area contributed by atoms with Crippen LogP contribution in [0.15, 0.2) is 24.3 Å². The van der Waals surface area contributed by atoms with Gasteiger partial charge in [-0.1, -0.05) is 32.4 Å². The fourth-order valence-electron chi connectivity index (χ4n) is 0.738. The van der Waals surface area contributed by atoms with Crippen LogP contribution in [0.4, 0.5) is 4.39 Å². The minimum absolute atomic E-state index is 0.276. The zero-order chi connectivity index (χ0) is 10.1. The monoisotopic (exact) mass is 179 g/mol. The van der Waals surface area contributed by atoms with Crippen LogP contribution in [0.25, 0.3) is 0 Å². The van der Waals surface area contributed by atoms with Crippen LogP contribution in [0, 0.1) is 17.1 Å². The summed E-state index contributed by atoms with van der Waals surface area (Å²) >= 11 is 0. The highest BCUT2D eigenvalue weighted by Gasteiger charge is 1.91. The summed E-state index contributed by atoms with van der Waals surface area (Å²) in [6.07, 6.45) is 1.53. The second-order valence-electron chi connectivity index (χ2n) is 2.67. The molecule has 0 spiro atoms. The molecule has 0 atom stereocenters. The van der Waals surface area contributed by atoms with E-state index in [1.54, 1.807) is 12.1 Å². The largest absolute Gasteiger partial charge is 0.207 e. The molecule has 0 radical (unpaired) electrons. The summed E-state index contributed by atoms with van der Waals surface area (Å²) < 4.78 is 12.4. The number of halogens is 1. The Morgan fingerprint density at radius 3 is 2.46 bits per heavy atom. The molecule has 0 N–H and O–H groups in total. The maximum absolute atomic E-state index is 12.4. The first kappa shape index (κ1) is 11.6. The Kier molecular flexibility index (Phi) is 6.53. The van der Waals surface area contributed by atoms with Crippen LogP contribution in [-0.2, 0) is 6.42 Å². The van der Waals surface area contributed by atoms with E-state index in [9.17, 15) is 4.39 Å². The zero-order valence-electron chi connectivity index (χ0n) is 8.05. The highest BCUT2D eigenvalue weighted by atomic mass is 19.1. The third-order valence-corrected chi connectivity index (χ3v) is 1.17. The Balaban J connectivity index is 0.000000424. The van der Waals surface area contributed by atoms with Crippen molar-refractivity contribution in [3.63, 3.8) is 0 Å². The van der Waals surface area contributed by atoms with Crippen molar-refractivity contribution in [2.24, 2.45) is 0 Å². The van der Waals surface area contributed by atoms with Crippen LogP contribution in [0.3, 0.4) is 0 Å². The summed E-state index contributed by atoms with van der Waals surface area (Å²) in [5.74, 6) is -0.284. The lowest BCUT2D eigenvalue weighted by atomic mass is 10.2. The van der Waals surface area contributed by atoms with E-state index in [1.165, 1.54) is 18.6 Å². The molecule has 0 saturated carbocycles. The number of hydrogen-bond acceptors (Lipinski definition) is 1. The van der Waals surface area contributed by atoms with Crippen LogP contribution < -0.4 is 0 Å². The molecule has 0 aliphatic heterocycles. The molecule has 2 heteroatoms. The van der Waals surface area contributed by atoms with Gasteiger partial charge in [0.25, 0.3) is 0 Å². The molecule has 0 amide bonds. The van der Waals surface area contributed by atoms with Crippen LogP contribution in [0.2, 0.25) is 0 Å². The lowest BCUT2D eigenvalue weighted by Crippen LogP contribution is -1.81. The quantitative estimate of drug-likeness (QED) is 0.648. The van der Waals surface area contributed by atoms with E-state index in [0.717, 1.165) is 5.56 Å². The fourth-order valence-corrected chi connectivity index (χ4v) is 0.738. The van der Waals surface area contributed by atoms with E-state index in [1.807, 2.05) is 6.07 Å². The molecule has 1 aromatic rings. The molecule has 0 aliphatic carbocycles. The Labute approximate surface area is 78.8 Å². The molecule has 0 heterocycles. The lowest BCUT2D eigenvalue weighted by Gasteiger charge is -1.91. The molecule has 13 heavy (non-hydrogen) atoms. The molecule has 0 aromatic heterocycles. The fraction of sp³-hybridized carbons (Fsp3) is 0.364. The standard InChI is InChI=1S/C8H6FN.C3H8/c9-8-3-1-2-7(6-8)4-5-10;1-3-2/h1-3,6H,4H2;3H2,1-2H3. The van der Waals surface area contributed by atoms with Gasteiger partial charge in [0.2, 0.25) is 0 Å². The summed E-state index contributed by atoms with van der Waals surface area (Å²) in [7, 11) is 0. The number of hydrogen-bond donors (Lipinski definition) is 0. The molecule has 0 bridgehead atoms. The van der Waals surface area contributed by atoms with Gasteiger partial charge >= 0.3 is 0 Å². The summed E-state index contributed by atoms with van der Waals surface area (Å²) in [5, 5.41) is 8.24. The van der Waals surface area contributed by atoms with Gasteiger partial charge in [-0.2, -0.15) is 5.26 Å². The van der Waals surface area contributed by atoms with Crippen LogP contribution >= 0.6 is 0 Å². The molecular weight excluding hydrogens is 165 g/mol. The van der Waals surface area contributed by atoms with Gasteiger partial charge in [-0.3, -0.25) is 0 Å². The minimum Gasteiger partial charge on any atom is -0.207 e. The van der Waals surface area contributed by atoms with Crippen molar-refractivity contribution in [3.8, 4) is 6.07 Å². The van der Waals surface area contributed by atoms with Gasteiger partial charge in [-0.25, -0.2) is 4.39 Å². The van der Waals surface area contributed by atoms with E-state index >= 15 is 0 Å². The summed E-state index contributed by atoms with van der Waals surface area (Å²) in [4.78, 5) is 0. The summed E-state index contributed by atoms with van der Waals surface area (Å²) in [5.41, 5.74) is 0.725. The highest BCUT2D eigenvalue weighted by molar-refractivity contribution is 5.19. The predicted octanol–water partition coefficient (Wildman–Crippen LogP) is 3.31. The van der Waals surface area contributed by atoms with Gasteiger partial charge in [-0.05, 0) is 17.7 Å². The van der Waals surface area contributed by atoms with Crippen molar-refractivity contribution in [1.82, 2.24) is 0 Å². The topological polar surface area (TPSA) is 23.8 Å². The van der Waals surface area contributed by atoms with Crippen molar-refractivity contribution in [2.45, 2.75) is 26.7 Å². The zero-order valence-corrected chi connectivity index (χ0v) is 8.05. The van der Waals surface area contributed by atoms with E-state index in [4.69, 9.17) is 5.26 Å². The van der Waals surface area contributed by atoms with Crippen molar-refractivity contribution < 1.29 is 4.39 Å². The molecule has 0 unspecified atom stereocenters. The van der Waals surface area contributed by atoms with Crippen LogP contribution in [-0.4, -0.2) is 0 Å². The maximum Gasteiger partial charge on any atom is 0.123 e. The SMILES string of the molecule is CCC.N#CCc1cccc(F)c1. The van der Waals surface area contributed by atoms with E-state index in [0.29, 0.717) is 0 Å². The van der Waals surface area contributed by atoms with Crippen molar-refractivity contribution >= 4 is 0 Å². The predicted molar refractivity (Wildman–Crippen MR) is 51.7 cm³/mol. The second kappa shape index (κ2) is 7.30. The Morgan fingerprint density at radius 2 is 2.00 bits per heavy atom. The normalized spacial score (nSPS) is 8.15. The molecule has 70 valence electrons. The van der Waals surface area contributed by atoms with E-state index in [2.05, 4.69) is 13.8 Å². The van der Waals surface area contributed by atoms with Gasteiger partial charge in [0, 0.05) is 0 Å². The van der Waals surface area contributed by atoms with Crippen molar-refractivity contribution in [1.29, 1.82) is 5.26 Å². The molecule has 1 nitrogen and oxygen atoms in total. The first-order valence-corrected chi connectivity index (χ1v) is 4.36. The number of nitriles is 1. The Morgan fingerprint density at radius 1 is 1.38 bits per heavy atom. The van der Waals surface area contributed by atoms with Gasteiger partial charge in [-0.15, -0.1) is 0 Å². The van der Waals surface area contributed by atoms with Crippen molar-refractivity contribution in [3.05, 3.63) is 35.6 Å². The third-order valence-electron chi connectivity index (χ3n) is 1.17. The van der Waals surface area contributed by atoms with E-state index in [-0.39, 0.29) is 12.2 Å². The van der Waals surface area contributed by atoms with Crippen LogP contribution in [0.5, 0.6) is 0 Å². The van der Waals surface area contributed by atoms with E-state index < -0.39 is 0 Å². The number of rotatable bonds is 1. The molecule has 0 saturated heterocycles. The average Bonchev–Trinajstić information content (AvgIpc) is 2.06. The lowest BCUT2D eigenvalue weighted by molar-refractivity contribution is 0.626. The smallest absolute Gasteiger partial charge is 0.123 e. The molecular formula is C11H14FN. The maximum atomic E-state index is 12.4. The molecule has 1 rings (SSSR count). The van der Waals surface area contributed by atoms with Gasteiger partial charge in [0.1, 0.15) is 5.82 Å². The minimum atomic E-state index is -0.284. The Hall–Kier alpha value is -1.36. The molecule has 1 aromatic carbocycles. The van der Waals surface area contributed by atoms with Gasteiger partial charge in [0.15, 0.2) is 0 Å². The highest BCUT2D eigenvalue weighted by Crippen LogP contribution is 2.02. The second-order valence-corrected chi connectivity index (χ2v) is 2.67. The number of nitrogens with zero attached hydrogens (tertiary/aromatic N) is 1. The average molecular weight is 179 g/mol. The summed E-state index contributed by atoms with van der Waals surface area (Å²) in [6, 6.07) is 8.00. The molecule has 0 aliphatic rings. The van der Waals surface area contributed by atoms with Gasteiger partial charge < -0.3 is 0 Å². The third kappa shape index (κ3) is 5.86.